The number of unbranched alkanes of at least 4 members (excludes halogenated alkanes) is 2. The largest absolute Gasteiger partial charge is 0.465 e. The maximum atomic E-state index is 12.6. The molecular formula is C27H46O3. The normalized spacial score (nSPS) is 35.2. The third kappa shape index (κ3) is 6.57. The minimum absolute atomic E-state index is 0.153. The Morgan fingerprint density at radius 3 is 1.87 bits per heavy atom. The lowest BCUT2D eigenvalue weighted by Crippen LogP contribution is -2.36. The molecule has 0 saturated heterocycles. The van der Waals surface area contributed by atoms with Gasteiger partial charge in [-0.3, -0.25) is 9.59 Å². The monoisotopic (exact) mass is 418 g/mol. The van der Waals surface area contributed by atoms with Gasteiger partial charge in [0.15, 0.2) is 0 Å². The predicted molar refractivity (Wildman–Crippen MR) is 122 cm³/mol. The van der Waals surface area contributed by atoms with Crippen LogP contribution in [0.1, 0.15) is 117 Å². The van der Waals surface area contributed by atoms with E-state index in [0.717, 1.165) is 43.4 Å². The zero-order valence-corrected chi connectivity index (χ0v) is 19.7. The number of esters is 1. The molecule has 0 amide bonds. The molecule has 3 aliphatic rings. The molecule has 30 heavy (non-hydrogen) atoms. The van der Waals surface area contributed by atoms with Crippen LogP contribution in [0.15, 0.2) is 0 Å². The number of hydrogen-bond acceptors (Lipinski definition) is 3. The highest BCUT2D eigenvalue weighted by Gasteiger charge is 2.39. The van der Waals surface area contributed by atoms with Gasteiger partial charge in [0.05, 0.1) is 6.61 Å². The fraction of sp³-hybridized carbons (Fsp3) is 0.926. The van der Waals surface area contributed by atoms with Crippen LogP contribution in [0.3, 0.4) is 0 Å². The second-order valence-corrected chi connectivity index (χ2v) is 10.7. The summed E-state index contributed by atoms with van der Waals surface area (Å²) in [5, 5.41) is 0. The van der Waals surface area contributed by atoms with Gasteiger partial charge < -0.3 is 4.74 Å². The van der Waals surface area contributed by atoms with E-state index >= 15 is 0 Å². The van der Waals surface area contributed by atoms with Gasteiger partial charge in [0, 0.05) is 6.42 Å². The molecule has 0 bridgehead atoms. The molecule has 0 aromatic heterocycles. The summed E-state index contributed by atoms with van der Waals surface area (Å²) in [5.74, 6) is 3.56. The molecular weight excluding hydrogens is 372 g/mol. The third-order valence-corrected chi connectivity index (χ3v) is 8.71. The van der Waals surface area contributed by atoms with Crippen molar-refractivity contribution in [3.63, 3.8) is 0 Å². The van der Waals surface area contributed by atoms with Crippen molar-refractivity contribution in [2.75, 3.05) is 6.61 Å². The fourth-order valence-electron chi connectivity index (χ4n) is 6.64. The summed E-state index contributed by atoms with van der Waals surface area (Å²) in [6.07, 6.45) is 19.7. The summed E-state index contributed by atoms with van der Waals surface area (Å²) in [7, 11) is 0. The highest BCUT2D eigenvalue weighted by atomic mass is 16.5. The lowest BCUT2D eigenvalue weighted by molar-refractivity contribution is -0.154. The molecule has 2 unspecified atom stereocenters. The van der Waals surface area contributed by atoms with Crippen LogP contribution in [0.5, 0.6) is 0 Å². The first-order valence-electron chi connectivity index (χ1n) is 13.3. The van der Waals surface area contributed by atoms with E-state index in [1.54, 1.807) is 0 Å². The van der Waals surface area contributed by atoms with Gasteiger partial charge in [0.25, 0.3) is 0 Å². The Balaban J connectivity index is 1.37. The Labute approximate surface area is 185 Å². The SMILES string of the molecule is CCCCOC(=O)C1CCC(C2CCC(C3CCC(CCCC)CC3)CC2)CC1=O. The van der Waals surface area contributed by atoms with E-state index in [-0.39, 0.29) is 11.8 Å². The Hall–Kier alpha value is -0.860. The fourth-order valence-corrected chi connectivity index (χ4v) is 6.64. The number of ketones is 1. The Morgan fingerprint density at radius 1 is 0.767 bits per heavy atom. The van der Waals surface area contributed by atoms with Crippen molar-refractivity contribution in [1.82, 2.24) is 0 Å². The Morgan fingerprint density at radius 2 is 1.30 bits per heavy atom. The number of carbonyl (C=O) groups excluding carboxylic acids is 2. The summed E-state index contributed by atoms with van der Waals surface area (Å²) in [4.78, 5) is 24.9. The number of ether oxygens (including phenoxy) is 1. The van der Waals surface area contributed by atoms with E-state index in [1.165, 1.54) is 70.6 Å². The first-order chi connectivity index (χ1) is 14.6. The van der Waals surface area contributed by atoms with Gasteiger partial charge >= 0.3 is 5.97 Å². The van der Waals surface area contributed by atoms with E-state index in [1.807, 2.05) is 0 Å². The van der Waals surface area contributed by atoms with Gasteiger partial charge in [-0.25, -0.2) is 0 Å². The van der Waals surface area contributed by atoms with Crippen LogP contribution >= 0.6 is 0 Å². The van der Waals surface area contributed by atoms with E-state index < -0.39 is 5.92 Å². The quantitative estimate of drug-likeness (QED) is 0.227. The van der Waals surface area contributed by atoms with Gasteiger partial charge in [-0.15, -0.1) is 0 Å². The third-order valence-electron chi connectivity index (χ3n) is 8.71. The summed E-state index contributed by atoms with van der Waals surface area (Å²) in [6.45, 7) is 4.86. The first kappa shape index (κ1) is 23.8. The lowest BCUT2D eigenvalue weighted by atomic mass is 9.64. The molecule has 0 aromatic rings. The van der Waals surface area contributed by atoms with Crippen LogP contribution in [0.25, 0.3) is 0 Å². The lowest BCUT2D eigenvalue weighted by Gasteiger charge is -2.41. The molecule has 0 aromatic carbocycles. The zero-order chi connectivity index (χ0) is 21.3. The molecule has 3 heteroatoms. The molecule has 3 saturated carbocycles. The topological polar surface area (TPSA) is 43.4 Å². The molecule has 3 nitrogen and oxygen atoms in total. The van der Waals surface area contributed by atoms with Gasteiger partial charge in [0.1, 0.15) is 11.7 Å². The highest BCUT2D eigenvalue weighted by Crippen LogP contribution is 2.46. The minimum Gasteiger partial charge on any atom is -0.465 e. The van der Waals surface area contributed by atoms with Crippen LogP contribution in [-0.4, -0.2) is 18.4 Å². The zero-order valence-electron chi connectivity index (χ0n) is 19.7. The summed E-state index contributed by atoms with van der Waals surface area (Å²) in [5.41, 5.74) is 0. The standard InChI is InChI=1S/C27H46O3/c1-3-5-7-20-8-10-21(11-9-20)22-12-14-23(15-13-22)24-16-17-25(26(28)19-24)27(29)30-18-6-4-2/h20-25H,3-19H2,1-2H3. The van der Waals surface area contributed by atoms with Crippen molar-refractivity contribution in [3.8, 4) is 0 Å². The molecule has 3 aliphatic carbocycles. The minimum atomic E-state index is -0.475. The molecule has 0 heterocycles. The van der Waals surface area contributed by atoms with Gasteiger partial charge in [-0.05, 0) is 87.4 Å². The highest BCUT2D eigenvalue weighted by molar-refractivity contribution is 5.99. The van der Waals surface area contributed by atoms with Crippen molar-refractivity contribution in [1.29, 1.82) is 0 Å². The maximum absolute atomic E-state index is 12.6. The molecule has 3 fully saturated rings. The molecule has 2 atom stereocenters. The molecule has 3 rings (SSSR count). The van der Waals surface area contributed by atoms with E-state index in [2.05, 4.69) is 13.8 Å². The average molecular weight is 419 g/mol. The Kier molecular flexibility index (Phi) is 9.71. The van der Waals surface area contributed by atoms with Crippen LogP contribution in [0, 0.1) is 35.5 Å². The molecule has 0 aliphatic heterocycles. The molecule has 0 spiro atoms. The van der Waals surface area contributed by atoms with Crippen molar-refractivity contribution in [2.45, 2.75) is 117 Å². The Bertz CT molecular complexity index is 526. The molecule has 0 radical (unpaired) electrons. The van der Waals surface area contributed by atoms with E-state index in [4.69, 9.17) is 4.74 Å². The first-order valence-corrected chi connectivity index (χ1v) is 13.3. The number of Topliss-reactive ketones (excluding diaryl/α,β-unsaturated/α-hetero) is 1. The molecule has 172 valence electrons. The molecule has 0 N–H and O–H groups in total. The summed E-state index contributed by atoms with van der Waals surface area (Å²) < 4.78 is 5.32. The van der Waals surface area contributed by atoms with Gasteiger partial charge in [-0.1, -0.05) is 52.4 Å². The van der Waals surface area contributed by atoms with Crippen molar-refractivity contribution >= 4 is 11.8 Å². The number of rotatable bonds is 9. The second kappa shape index (κ2) is 12.2. The van der Waals surface area contributed by atoms with Crippen molar-refractivity contribution in [2.24, 2.45) is 35.5 Å². The van der Waals surface area contributed by atoms with Crippen LogP contribution in [0.4, 0.5) is 0 Å². The van der Waals surface area contributed by atoms with Crippen molar-refractivity contribution < 1.29 is 14.3 Å². The summed E-state index contributed by atoms with van der Waals surface area (Å²) in [6, 6.07) is 0. The predicted octanol–water partition coefficient (Wildman–Crippen LogP) is 7.12. The number of hydrogen-bond donors (Lipinski definition) is 0. The van der Waals surface area contributed by atoms with Crippen molar-refractivity contribution in [3.05, 3.63) is 0 Å². The summed E-state index contributed by atoms with van der Waals surface area (Å²) >= 11 is 0. The van der Waals surface area contributed by atoms with Crippen LogP contribution in [0.2, 0.25) is 0 Å². The maximum Gasteiger partial charge on any atom is 0.316 e. The van der Waals surface area contributed by atoms with Crippen LogP contribution in [-0.2, 0) is 14.3 Å². The second-order valence-electron chi connectivity index (χ2n) is 10.7. The average Bonchev–Trinajstić information content (AvgIpc) is 2.78. The van der Waals surface area contributed by atoms with Crippen LogP contribution < -0.4 is 0 Å². The van der Waals surface area contributed by atoms with E-state index in [0.29, 0.717) is 24.9 Å². The van der Waals surface area contributed by atoms with Gasteiger partial charge in [-0.2, -0.15) is 0 Å². The van der Waals surface area contributed by atoms with Gasteiger partial charge in [0.2, 0.25) is 0 Å². The smallest absolute Gasteiger partial charge is 0.316 e. The number of carbonyl (C=O) groups is 2. The van der Waals surface area contributed by atoms with E-state index in [9.17, 15) is 9.59 Å².